The molecule has 7 heteroatoms. The molecule has 1 aliphatic heterocycles. The van der Waals surface area contributed by atoms with Gasteiger partial charge in [0.25, 0.3) is 0 Å². The van der Waals surface area contributed by atoms with Crippen LogP contribution in [0.2, 0.25) is 0 Å². The Morgan fingerprint density at radius 1 is 0.969 bits per heavy atom. The average Bonchev–Trinajstić information content (AvgIpc) is 2.72. The molecule has 2 aromatic carbocycles. The van der Waals surface area contributed by atoms with Gasteiger partial charge in [0, 0.05) is 13.1 Å². The number of likely N-dealkylation sites (tertiary alicyclic amines) is 1. The summed E-state index contributed by atoms with van der Waals surface area (Å²) >= 11 is 0. The number of rotatable bonds is 12. The maximum Gasteiger partial charge on any atom is 0.419 e. The van der Waals surface area contributed by atoms with Crippen molar-refractivity contribution < 1.29 is 27.8 Å². The van der Waals surface area contributed by atoms with Crippen molar-refractivity contribution in [3.63, 3.8) is 0 Å². The number of carboxylic acid groups (broad SMARTS) is 1. The molecule has 2 aromatic rings. The first-order valence-corrected chi connectivity index (χ1v) is 11.1. The highest BCUT2D eigenvalue weighted by Gasteiger charge is 2.35. The smallest absolute Gasteiger partial charge is 0.419 e. The molecule has 0 aromatic heterocycles. The van der Waals surface area contributed by atoms with Gasteiger partial charge in [-0.3, -0.25) is 4.79 Å². The van der Waals surface area contributed by atoms with Crippen molar-refractivity contribution >= 4 is 5.97 Å². The first-order chi connectivity index (χ1) is 15.3. The van der Waals surface area contributed by atoms with E-state index in [1.54, 1.807) is 6.07 Å². The molecule has 3 rings (SSSR count). The largest absolute Gasteiger partial charge is 0.493 e. The third-order valence-corrected chi connectivity index (χ3v) is 5.81. The Morgan fingerprint density at radius 3 is 2.38 bits per heavy atom. The van der Waals surface area contributed by atoms with Gasteiger partial charge in [0.2, 0.25) is 0 Å². The SMILES string of the molecule is O=C(O)C1CN(CCCc2ccc(OCCCCCc3ccccc3)c(C(F)(F)F)c2)C1. The zero-order chi connectivity index (χ0) is 23.0. The fourth-order valence-corrected chi connectivity index (χ4v) is 3.93. The van der Waals surface area contributed by atoms with Crippen LogP contribution in [0.4, 0.5) is 13.2 Å². The molecule has 0 unspecified atom stereocenters. The van der Waals surface area contributed by atoms with Crippen LogP contribution in [0.25, 0.3) is 0 Å². The number of hydrogen-bond donors (Lipinski definition) is 1. The monoisotopic (exact) mass is 449 g/mol. The summed E-state index contributed by atoms with van der Waals surface area (Å²) in [7, 11) is 0. The summed E-state index contributed by atoms with van der Waals surface area (Å²) in [5, 5.41) is 8.89. The van der Waals surface area contributed by atoms with Gasteiger partial charge in [-0.1, -0.05) is 36.4 Å². The van der Waals surface area contributed by atoms with E-state index in [0.717, 1.165) is 19.3 Å². The van der Waals surface area contributed by atoms with Crippen molar-refractivity contribution in [1.82, 2.24) is 4.90 Å². The van der Waals surface area contributed by atoms with Crippen LogP contribution in [-0.4, -0.2) is 42.2 Å². The highest BCUT2D eigenvalue weighted by atomic mass is 19.4. The minimum Gasteiger partial charge on any atom is -0.493 e. The second-order valence-corrected chi connectivity index (χ2v) is 8.37. The molecule has 174 valence electrons. The summed E-state index contributed by atoms with van der Waals surface area (Å²) in [4.78, 5) is 12.8. The molecule has 1 aliphatic rings. The highest BCUT2D eigenvalue weighted by Crippen LogP contribution is 2.37. The van der Waals surface area contributed by atoms with Gasteiger partial charge in [0.1, 0.15) is 5.75 Å². The van der Waals surface area contributed by atoms with Crippen LogP contribution < -0.4 is 4.74 Å². The van der Waals surface area contributed by atoms with E-state index in [0.29, 0.717) is 44.5 Å². The molecular weight excluding hydrogens is 419 g/mol. The molecule has 4 nitrogen and oxygen atoms in total. The van der Waals surface area contributed by atoms with Crippen molar-refractivity contribution in [3.8, 4) is 5.75 Å². The number of hydrogen-bond acceptors (Lipinski definition) is 3. The second-order valence-electron chi connectivity index (χ2n) is 8.37. The van der Waals surface area contributed by atoms with Crippen LogP contribution in [0.5, 0.6) is 5.75 Å². The Hall–Kier alpha value is -2.54. The minimum atomic E-state index is -4.47. The van der Waals surface area contributed by atoms with Crippen molar-refractivity contribution in [2.75, 3.05) is 26.2 Å². The quantitative estimate of drug-likeness (QED) is 0.438. The van der Waals surface area contributed by atoms with Crippen LogP contribution in [0, 0.1) is 5.92 Å². The lowest BCUT2D eigenvalue weighted by Crippen LogP contribution is -2.50. The van der Waals surface area contributed by atoms with E-state index >= 15 is 0 Å². The number of unbranched alkanes of at least 4 members (excludes halogenated alkanes) is 2. The van der Waals surface area contributed by atoms with Crippen LogP contribution in [0.1, 0.15) is 42.4 Å². The Kier molecular flexibility index (Phi) is 8.56. The lowest BCUT2D eigenvalue weighted by Gasteiger charge is -2.36. The summed E-state index contributed by atoms with van der Waals surface area (Å²) in [6, 6.07) is 14.4. The maximum atomic E-state index is 13.5. The number of benzene rings is 2. The molecule has 0 spiro atoms. The molecule has 1 N–H and O–H groups in total. The van der Waals surface area contributed by atoms with Crippen LogP contribution in [0.3, 0.4) is 0 Å². The lowest BCUT2D eigenvalue weighted by atomic mass is 9.99. The molecule has 32 heavy (non-hydrogen) atoms. The topological polar surface area (TPSA) is 49.8 Å². The summed E-state index contributed by atoms with van der Waals surface area (Å²) in [5.74, 6) is -1.22. The third kappa shape index (κ3) is 7.26. The number of carbonyl (C=O) groups is 1. The summed E-state index contributed by atoms with van der Waals surface area (Å²) in [6.07, 6.45) is 0.264. The lowest BCUT2D eigenvalue weighted by molar-refractivity contribution is -0.147. The molecule has 1 saturated heterocycles. The summed E-state index contributed by atoms with van der Waals surface area (Å²) in [6.45, 7) is 1.98. The Bertz CT molecular complexity index is 864. The summed E-state index contributed by atoms with van der Waals surface area (Å²) in [5.41, 5.74) is 1.15. The molecule has 0 bridgehead atoms. The van der Waals surface area contributed by atoms with Gasteiger partial charge in [0.15, 0.2) is 0 Å². The minimum absolute atomic E-state index is 0.114. The first-order valence-electron chi connectivity index (χ1n) is 11.1. The second kappa shape index (κ2) is 11.4. The van der Waals surface area contributed by atoms with E-state index < -0.39 is 17.7 Å². The Labute approximate surface area is 187 Å². The van der Waals surface area contributed by atoms with E-state index in [2.05, 4.69) is 12.1 Å². The zero-order valence-corrected chi connectivity index (χ0v) is 18.1. The van der Waals surface area contributed by atoms with E-state index in [-0.39, 0.29) is 18.3 Å². The molecule has 0 atom stereocenters. The zero-order valence-electron chi connectivity index (χ0n) is 18.1. The molecule has 1 fully saturated rings. The molecule has 0 saturated carbocycles. The van der Waals surface area contributed by atoms with Gasteiger partial charge in [-0.2, -0.15) is 13.2 Å². The van der Waals surface area contributed by atoms with Gasteiger partial charge < -0.3 is 14.7 Å². The van der Waals surface area contributed by atoms with Gasteiger partial charge >= 0.3 is 12.1 Å². The number of halogens is 3. The third-order valence-electron chi connectivity index (χ3n) is 5.81. The highest BCUT2D eigenvalue weighted by molar-refractivity contribution is 5.71. The number of ether oxygens (including phenoxy) is 1. The predicted octanol–water partition coefficient (Wildman–Crippen LogP) is 5.45. The normalized spacial score (nSPS) is 14.8. The van der Waals surface area contributed by atoms with Crippen molar-refractivity contribution in [1.29, 1.82) is 0 Å². The Morgan fingerprint density at radius 2 is 1.69 bits per heavy atom. The average molecular weight is 450 g/mol. The Balaban J connectivity index is 1.42. The molecular formula is C25H30F3NO3. The standard InChI is InChI=1S/C25H30F3NO3/c26-25(27,28)22-16-20(11-7-14-29-17-21(18-29)24(30)31)12-13-23(22)32-15-6-2-5-10-19-8-3-1-4-9-19/h1,3-4,8-9,12-13,16,21H,2,5-7,10-11,14-15,17-18H2,(H,30,31). The summed E-state index contributed by atoms with van der Waals surface area (Å²) < 4.78 is 46.1. The number of aliphatic carboxylic acids is 1. The fourth-order valence-electron chi connectivity index (χ4n) is 3.93. The molecule has 0 amide bonds. The van der Waals surface area contributed by atoms with E-state index in [4.69, 9.17) is 9.84 Å². The van der Waals surface area contributed by atoms with Gasteiger partial charge in [-0.05, 0) is 68.3 Å². The van der Waals surface area contributed by atoms with E-state index in [1.165, 1.54) is 17.7 Å². The van der Waals surface area contributed by atoms with Gasteiger partial charge in [-0.15, -0.1) is 0 Å². The number of alkyl halides is 3. The van der Waals surface area contributed by atoms with Crippen molar-refractivity contribution in [3.05, 3.63) is 65.2 Å². The van der Waals surface area contributed by atoms with E-state index in [9.17, 15) is 18.0 Å². The van der Waals surface area contributed by atoms with Crippen LogP contribution in [-0.2, 0) is 23.8 Å². The van der Waals surface area contributed by atoms with Crippen molar-refractivity contribution in [2.24, 2.45) is 5.92 Å². The van der Waals surface area contributed by atoms with Crippen LogP contribution >= 0.6 is 0 Å². The molecule has 0 aliphatic carbocycles. The van der Waals surface area contributed by atoms with Gasteiger partial charge in [-0.25, -0.2) is 0 Å². The van der Waals surface area contributed by atoms with E-state index in [1.807, 2.05) is 23.1 Å². The van der Waals surface area contributed by atoms with Crippen LogP contribution in [0.15, 0.2) is 48.5 Å². The first kappa shape index (κ1) is 24.1. The van der Waals surface area contributed by atoms with Crippen molar-refractivity contribution in [2.45, 2.75) is 44.7 Å². The molecule has 0 radical (unpaired) electrons. The predicted molar refractivity (Wildman–Crippen MR) is 117 cm³/mol. The molecule has 1 heterocycles. The number of carboxylic acids is 1. The maximum absolute atomic E-state index is 13.5. The fraction of sp³-hybridized carbons (Fsp3) is 0.480. The number of aryl methyl sites for hydroxylation is 2. The number of nitrogens with zero attached hydrogens (tertiary/aromatic N) is 1. The van der Waals surface area contributed by atoms with Gasteiger partial charge in [0.05, 0.1) is 18.1 Å².